The molecule has 0 spiro atoms. The van der Waals surface area contributed by atoms with Crippen molar-refractivity contribution in [3.8, 4) is 6.07 Å². The summed E-state index contributed by atoms with van der Waals surface area (Å²) in [5.41, 5.74) is 0.00521. The average Bonchev–Trinajstić information content (AvgIpc) is 1.90. The minimum absolute atomic E-state index is 0.00521. The Balaban J connectivity index is 2.49. The second-order valence-corrected chi connectivity index (χ2v) is 4.01. The number of nitrogens with zero attached hydrogens (tertiary/aromatic N) is 1. The van der Waals surface area contributed by atoms with Gasteiger partial charge in [-0.2, -0.15) is 17.0 Å². The van der Waals surface area contributed by atoms with E-state index in [4.69, 9.17) is 5.26 Å². The standard InChI is InChI=1S/C7H11NS/c1-7(6-8)2-4-9-5-3-7/h2-5H2,1H3. The molecule has 9 heavy (non-hydrogen) atoms. The summed E-state index contributed by atoms with van der Waals surface area (Å²) in [4.78, 5) is 0. The SMILES string of the molecule is CC1(C#N)CCSCC1. The Labute approximate surface area is 60.4 Å². The van der Waals surface area contributed by atoms with Crippen LogP contribution < -0.4 is 0 Å². The van der Waals surface area contributed by atoms with Crippen molar-refractivity contribution in [1.29, 1.82) is 5.26 Å². The van der Waals surface area contributed by atoms with E-state index in [1.54, 1.807) is 0 Å². The van der Waals surface area contributed by atoms with Crippen molar-refractivity contribution < 1.29 is 0 Å². The summed E-state index contributed by atoms with van der Waals surface area (Å²) in [6, 6.07) is 2.37. The Kier molecular flexibility index (Phi) is 2.02. The fourth-order valence-electron chi connectivity index (χ4n) is 0.934. The van der Waals surface area contributed by atoms with Crippen LogP contribution in [0.15, 0.2) is 0 Å². The van der Waals surface area contributed by atoms with Crippen LogP contribution in [0.25, 0.3) is 0 Å². The van der Waals surface area contributed by atoms with Gasteiger partial charge < -0.3 is 0 Å². The van der Waals surface area contributed by atoms with Gasteiger partial charge in [0.05, 0.1) is 11.5 Å². The van der Waals surface area contributed by atoms with E-state index in [0.717, 1.165) is 12.8 Å². The number of hydrogen-bond donors (Lipinski definition) is 0. The van der Waals surface area contributed by atoms with Crippen LogP contribution in [0.5, 0.6) is 0 Å². The maximum atomic E-state index is 8.69. The van der Waals surface area contributed by atoms with Gasteiger partial charge in [0.25, 0.3) is 0 Å². The van der Waals surface area contributed by atoms with Crippen LogP contribution in [0.3, 0.4) is 0 Å². The first kappa shape index (κ1) is 6.95. The summed E-state index contributed by atoms with van der Waals surface area (Å²) in [5, 5.41) is 8.69. The predicted octanol–water partition coefficient (Wildman–Crippen LogP) is 2.04. The Morgan fingerprint density at radius 2 is 2.00 bits per heavy atom. The highest BCUT2D eigenvalue weighted by atomic mass is 32.2. The van der Waals surface area contributed by atoms with Crippen molar-refractivity contribution in [2.24, 2.45) is 5.41 Å². The van der Waals surface area contributed by atoms with E-state index in [9.17, 15) is 0 Å². The van der Waals surface area contributed by atoms with E-state index >= 15 is 0 Å². The molecule has 1 fully saturated rings. The van der Waals surface area contributed by atoms with Gasteiger partial charge in [0.15, 0.2) is 0 Å². The zero-order valence-electron chi connectivity index (χ0n) is 5.68. The molecular formula is C7H11NS. The summed E-state index contributed by atoms with van der Waals surface area (Å²) >= 11 is 1.96. The number of hydrogen-bond acceptors (Lipinski definition) is 2. The van der Waals surface area contributed by atoms with Crippen LogP contribution in [-0.2, 0) is 0 Å². The molecule has 2 heteroatoms. The molecule has 1 aliphatic rings. The zero-order chi connectivity index (χ0) is 6.74. The Morgan fingerprint density at radius 1 is 1.44 bits per heavy atom. The highest BCUT2D eigenvalue weighted by Crippen LogP contribution is 2.33. The topological polar surface area (TPSA) is 23.8 Å². The van der Waals surface area contributed by atoms with E-state index in [1.807, 2.05) is 11.8 Å². The summed E-state index contributed by atoms with van der Waals surface area (Å²) in [5.74, 6) is 2.34. The van der Waals surface area contributed by atoms with E-state index in [-0.39, 0.29) is 5.41 Å². The third-order valence-electron chi connectivity index (χ3n) is 1.87. The molecule has 1 heterocycles. The van der Waals surface area contributed by atoms with Gasteiger partial charge in [-0.05, 0) is 31.3 Å². The van der Waals surface area contributed by atoms with Gasteiger partial charge in [-0.1, -0.05) is 0 Å². The molecule has 0 aromatic carbocycles. The largest absolute Gasteiger partial charge is 0.198 e. The molecule has 1 nitrogen and oxygen atoms in total. The Bertz CT molecular complexity index is 130. The van der Waals surface area contributed by atoms with Gasteiger partial charge in [0.2, 0.25) is 0 Å². The normalized spacial score (nSPS) is 24.9. The molecule has 0 N–H and O–H groups in total. The second-order valence-electron chi connectivity index (χ2n) is 2.78. The molecule has 0 atom stereocenters. The number of nitriles is 1. The van der Waals surface area contributed by atoms with Crippen LogP contribution in [0.4, 0.5) is 0 Å². The molecule has 50 valence electrons. The summed E-state index contributed by atoms with van der Waals surface area (Å²) < 4.78 is 0. The minimum Gasteiger partial charge on any atom is -0.198 e. The first-order valence-electron chi connectivity index (χ1n) is 3.26. The zero-order valence-corrected chi connectivity index (χ0v) is 6.50. The fourth-order valence-corrected chi connectivity index (χ4v) is 2.33. The van der Waals surface area contributed by atoms with Gasteiger partial charge in [-0.3, -0.25) is 0 Å². The molecule has 0 aromatic rings. The van der Waals surface area contributed by atoms with Crippen molar-refractivity contribution in [2.45, 2.75) is 19.8 Å². The second kappa shape index (κ2) is 2.62. The van der Waals surface area contributed by atoms with Crippen LogP contribution in [0, 0.1) is 16.7 Å². The summed E-state index contributed by atoms with van der Waals surface area (Å²) in [7, 11) is 0. The molecule has 0 aromatic heterocycles. The highest BCUT2D eigenvalue weighted by molar-refractivity contribution is 7.99. The smallest absolute Gasteiger partial charge is 0.0687 e. The molecule has 0 aliphatic carbocycles. The van der Waals surface area contributed by atoms with Gasteiger partial charge in [0.1, 0.15) is 0 Å². The van der Waals surface area contributed by atoms with Crippen molar-refractivity contribution in [3.05, 3.63) is 0 Å². The predicted molar refractivity (Wildman–Crippen MR) is 40.3 cm³/mol. The van der Waals surface area contributed by atoms with Crippen molar-refractivity contribution >= 4 is 11.8 Å². The quantitative estimate of drug-likeness (QED) is 0.515. The Morgan fingerprint density at radius 3 is 2.33 bits per heavy atom. The van der Waals surface area contributed by atoms with Crippen LogP contribution in [-0.4, -0.2) is 11.5 Å². The lowest BCUT2D eigenvalue weighted by molar-refractivity contribution is 0.408. The molecule has 0 saturated carbocycles. The van der Waals surface area contributed by atoms with E-state index < -0.39 is 0 Å². The van der Waals surface area contributed by atoms with E-state index in [1.165, 1.54) is 11.5 Å². The van der Waals surface area contributed by atoms with Gasteiger partial charge >= 0.3 is 0 Å². The van der Waals surface area contributed by atoms with Crippen LogP contribution in [0.2, 0.25) is 0 Å². The molecule has 0 amide bonds. The maximum absolute atomic E-state index is 8.69. The highest BCUT2D eigenvalue weighted by Gasteiger charge is 2.25. The molecule has 1 saturated heterocycles. The lowest BCUT2D eigenvalue weighted by Crippen LogP contribution is -2.19. The molecule has 0 radical (unpaired) electrons. The Hall–Kier alpha value is -0.160. The number of rotatable bonds is 0. The summed E-state index contributed by atoms with van der Waals surface area (Å²) in [6.07, 6.45) is 2.16. The monoisotopic (exact) mass is 141 g/mol. The van der Waals surface area contributed by atoms with Gasteiger partial charge in [-0.25, -0.2) is 0 Å². The summed E-state index contributed by atoms with van der Waals surface area (Å²) in [6.45, 7) is 2.06. The third-order valence-corrected chi connectivity index (χ3v) is 2.85. The lowest BCUT2D eigenvalue weighted by Gasteiger charge is -2.25. The van der Waals surface area contributed by atoms with E-state index in [0.29, 0.717) is 0 Å². The van der Waals surface area contributed by atoms with Crippen molar-refractivity contribution in [1.82, 2.24) is 0 Å². The molecule has 0 unspecified atom stereocenters. The van der Waals surface area contributed by atoms with Crippen LogP contribution >= 0.6 is 11.8 Å². The minimum atomic E-state index is 0.00521. The fraction of sp³-hybridized carbons (Fsp3) is 0.857. The molecule has 1 rings (SSSR count). The van der Waals surface area contributed by atoms with Crippen molar-refractivity contribution in [3.63, 3.8) is 0 Å². The molecule has 1 aliphatic heterocycles. The number of thioether (sulfide) groups is 1. The lowest BCUT2D eigenvalue weighted by atomic mass is 9.86. The molecule has 0 bridgehead atoms. The first-order valence-corrected chi connectivity index (χ1v) is 4.41. The maximum Gasteiger partial charge on any atom is 0.0687 e. The third kappa shape index (κ3) is 1.62. The first-order chi connectivity index (χ1) is 4.27. The molecular weight excluding hydrogens is 130 g/mol. The van der Waals surface area contributed by atoms with Gasteiger partial charge in [0, 0.05) is 0 Å². The average molecular weight is 141 g/mol. The van der Waals surface area contributed by atoms with Crippen LogP contribution in [0.1, 0.15) is 19.8 Å². The van der Waals surface area contributed by atoms with Gasteiger partial charge in [-0.15, -0.1) is 0 Å². The van der Waals surface area contributed by atoms with Crippen molar-refractivity contribution in [2.75, 3.05) is 11.5 Å². The van der Waals surface area contributed by atoms with E-state index in [2.05, 4.69) is 13.0 Å².